The molecule has 1 N–H and O–H groups in total. The van der Waals surface area contributed by atoms with E-state index in [0.717, 1.165) is 44.0 Å². The molecule has 0 aliphatic carbocycles. The lowest BCUT2D eigenvalue weighted by Crippen LogP contribution is -1.88. The van der Waals surface area contributed by atoms with Crippen LogP contribution in [0.1, 0.15) is 5.69 Å². The van der Waals surface area contributed by atoms with E-state index in [2.05, 4.69) is 40.8 Å². The molecule has 4 aromatic heterocycles. The molecule has 4 aromatic rings. The molecule has 0 aliphatic heterocycles. The number of aryl methyl sites for hydroxylation is 1. The van der Waals surface area contributed by atoms with Gasteiger partial charge in [0.25, 0.3) is 0 Å². The molecule has 0 atom stereocenters. The third-order valence-electron chi connectivity index (χ3n) is 3.56. The molecule has 0 bridgehead atoms. The van der Waals surface area contributed by atoms with Gasteiger partial charge in [-0.25, -0.2) is 9.97 Å². The molecule has 5 nitrogen and oxygen atoms in total. The van der Waals surface area contributed by atoms with E-state index in [1.165, 1.54) is 0 Å². The number of hydrogen-bond acceptors (Lipinski definition) is 4. The first-order valence-corrected chi connectivity index (χ1v) is 7.90. The van der Waals surface area contributed by atoms with Crippen LogP contribution in [0.3, 0.4) is 0 Å². The molecule has 0 saturated heterocycles. The molecule has 4 heterocycles. The number of hydrogen-bond donors (Lipinski definition) is 1. The minimum Gasteiger partial charge on any atom is -0.337 e. The van der Waals surface area contributed by atoms with Crippen molar-refractivity contribution in [3.63, 3.8) is 0 Å². The molecule has 0 aromatic carbocycles. The van der Waals surface area contributed by atoms with Gasteiger partial charge in [0.1, 0.15) is 10.1 Å². The molecule has 0 fully saturated rings. The SMILES string of the molecule is Cc1cnc2c(-c3ccccn3)c(-c3ccnc(Br)c3)[nH]c2n1. The Kier molecular flexibility index (Phi) is 3.38. The maximum atomic E-state index is 4.56. The van der Waals surface area contributed by atoms with Crippen LogP contribution in [-0.2, 0) is 0 Å². The van der Waals surface area contributed by atoms with Crippen molar-refractivity contribution < 1.29 is 0 Å². The lowest BCUT2D eigenvalue weighted by atomic mass is 10.1. The maximum absolute atomic E-state index is 4.56. The van der Waals surface area contributed by atoms with Crippen molar-refractivity contribution in [1.82, 2.24) is 24.9 Å². The number of rotatable bonds is 2. The summed E-state index contributed by atoms with van der Waals surface area (Å²) in [5.74, 6) is 0. The fourth-order valence-corrected chi connectivity index (χ4v) is 2.95. The summed E-state index contributed by atoms with van der Waals surface area (Å²) in [6.45, 7) is 1.93. The van der Waals surface area contributed by atoms with Gasteiger partial charge in [0.15, 0.2) is 5.65 Å². The van der Waals surface area contributed by atoms with E-state index in [1.807, 2.05) is 37.3 Å². The minimum absolute atomic E-state index is 0.758. The molecule has 0 unspecified atom stereocenters. The number of fused-ring (bicyclic) bond motifs is 1. The highest BCUT2D eigenvalue weighted by atomic mass is 79.9. The summed E-state index contributed by atoms with van der Waals surface area (Å²) in [7, 11) is 0. The van der Waals surface area contributed by atoms with Crippen LogP contribution in [-0.4, -0.2) is 24.9 Å². The number of nitrogens with zero attached hydrogens (tertiary/aromatic N) is 4. The Morgan fingerprint density at radius 2 is 1.96 bits per heavy atom. The van der Waals surface area contributed by atoms with E-state index < -0.39 is 0 Å². The highest BCUT2D eigenvalue weighted by Gasteiger charge is 2.18. The van der Waals surface area contributed by atoms with Crippen LogP contribution in [0.5, 0.6) is 0 Å². The average Bonchev–Trinajstić information content (AvgIpc) is 2.94. The fourth-order valence-electron chi connectivity index (χ4n) is 2.58. The maximum Gasteiger partial charge on any atom is 0.157 e. The lowest BCUT2D eigenvalue weighted by molar-refractivity contribution is 1.17. The van der Waals surface area contributed by atoms with E-state index in [9.17, 15) is 0 Å². The van der Waals surface area contributed by atoms with Crippen molar-refractivity contribution >= 4 is 27.1 Å². The van der Waals surface area contributed by atoms with E-state index in [1.54, 1.807) is 18.6 Å². The van der Waals surface area contributed by atoms with Crippen LogP contribution in [0.25, 0.3) is 33.7 Å². The molecule has 0 aliphatic rings. The lowest BCUT2D eigenvalue weighted by Gasteiger charge is -2.04. The second-order valence-electron chi connectivity index (χ2n) is 5.17. The second-order valence-corrected chi connectivity index (χ2v) is 5.98. The number of halogens is 1. The van der Waals surface area contributed by atoms with Gasteiger partial charge in [-0.05, 0) is 47.1 Å². The topological polar surface area (TPSA) is 67.3 Å². The quantitative estimate of drug-likeness (QED) is 0.541. The van der Waals surface area contributed by atoms with Gasteiger partial charge in [-0.3, -0.25) is 9.97 Å². The minimum atomic E-state index is 0.758. The number of H-pyrrole nitrogens is 1. The van der Waals surface area contributed by atoms with E-state index >= 15 is 0 Å². The second kappa shape index (κ2) is 5.55. The van der Waals surface area contributed by atoms with Crippen LogP contribution in [0.2, 0.25) is 0 Å². The smallest absolute Gasteiger partial charge is 0.157 e. The molecular formula is C17H12BrN5. The van der Waals surface area contributed by atoms with Gasteiger partial charge in [0, 0.05) is 24.2 Å². The molecule has 4 rings (SSSR count). The van der Waals surface area contributed by atoms with Gasteiger partial charge in [0.2, 0.25) is 0 Å². The zero-order valence-electron chi connectivity index (χ0n) is 12.3. The number of nitrogens with one attached hydrogen (secondary N) is 1. The Labute approximate surface area is 141 Å². The predicted molar refractivity (Wildman–Crippen MR) is 92.8 cm³/mol. The summed E-state index contributed by atoms with van der Waals surface area (Å²) in [5, 5.41) is 0. The molecule has 6 heteroatoms. The van der Waals surface area contributed by atoms with Crippen molar-refractivity contribution in [1.29, 1.82) is 0 Å². The highest BCUT2D eigenvalue weighted by molar-refractivity contribution is 9.10. The number of aromatic nitrogens is 5. The van der Waals surface area contributed by atoms with Gasteiger partial charge in [-0.2, -0.15) is 0 Å². The van der Waals surface area contributed by atoms with Crippen LogP contribution in [0.15, 0.2) is 53.5 Å². The van der Waals surface area contributed by atoms with Crippen LogP contribution < -0.4 is 0 Å². The third-order valence-corrected chi connectivity index (χ3v) is 3.99. The fraction of sp³-hybridized carbons (Fsp3) is 0.0588. The molecular weight excluding hydrogens is 354 g/mol. The Morgan fingerprint density at radius 1 is 1.04 bits per heavy atom. The van der Waals surface area contributed by atoms with Gasteiger partial charge >= 0.3 is 0 Å². The Hall–Kier alpha value is -2.60. The Morgan fingerprint density at radius 3 is 2.74 bits per heavy atom. The van der Waals surface area contributed by atoms with Crippen molar-refractivity contribution in [3.05, 3.63) is 59.2 Å². The van der Waals surface area contributed by atoms with Crippen molar-refractivity contribution in [3.8, 4) is 22.5 Å². The summed E-state index contributed by atoms with van der Waals surface area (Å²) in [6.07, 6.45) is 5.32. The summed E-state index contributed by atoms with van der Waals surface area (Å²) in [6, 6.07) is 9.76. The zero-order chi connectivity index (χ0) is 15.8. The standard InChI is InChI=1S/C17H12BrN5/c1-10-9-21-16-14(12-4-2-3-6-19-12)15(23-17(16)22-10)11-5-7-20-13(18)8-11/h2-9H,1H3,(H,22,23). The molecule has 23 heavy (non-hydrogen) atoms. The van der Waals surface area contributed by atoms with Crippen LogP contribution in [0.4, 0.5) is 0 Å². The normalized spacial score (nSPS) is 11.0. The Balaban J connectivity index is 2.07. The zero-order valence-corrected chi connectivity index (χ0v) is 13.9. The number of pyridine rings is 2. The summed E-state index contributed by atoms with van der Waals surface area (Å²) < 4.78 is 0.776. The first-order chi connectivity index (χ1) is 11.2. The van der Waals surface area contributed by atoms with Gasteiger partial charge in [-0.15, -0.1) is 0 Å². The molecule has 112 valence electrons. The summed E-state index contributed by atoms with van der Waals surface area (Å²) >= 11 is 3.42. The monoisotopic (exact) mass is 365 g/mol. The molecule has 0 saturated carbocycles. The Bertz CT molecular complexity index is 994. The van der Waals surface area contributed by atoms with E-state index in [0.29, 0.717) is 0 Å². The average molecular weight is 366 g/mol. The third kappa shape index (κ3) is 2.51. The van der Waals surface area contributed by atoms with Gasteiger partial charge in [0.05, 0.1) is 22.6 Å². The van der Waals surface area contributed by atoms with E-state index in [4.69, 9.17) is 0 Å². The van der Waals surface area contributed by atoms with Crippen LogP contribution >= 0.6 is 15.9 Å². The van der Waals surface area contributed by atoms with Crippen molar-refractivity contribution in [2.24, 2.45) is 0 Å². The molecule has 0 radical (unpaired) electrons. The largest absolute Gasteiger partial charge is 0.337 e. The molecule has 0 amide bonds. The first-order valence-electron chi connectivity index (χ1n) is 7.11. The first kappa shape index (κ1) is 14.0. The van der Waals surface area contributed by atoms with Crippen molar-refractivity contribution in [2.75, 3.05) is 0 Å². The van der Waals surface area contributed by atoms with Crippen LogP contribution in [0, 0.1) is 6.92 Å². The molecule has 0 spiro atoms. The summed E-state index contributed by atoms with van der Waals surface area (Å²) in [4.78, 5) is 21.2. The summed E-state index contributed by atoms with van der Waals surface area (Å²) in [5.41, 5.74) is 6.20. The highest BCUT2D eigenvalue weighted by Crippen LogP contribution is 2.36. The number of aromatic amines is 1. The van der Waals surface area contributed by atoms with E-state index in [-0.39, 0.29) is 0 Å². The van der Waals surface area contributed by atoms with Gasteiger partial charge in [-0.1, -0.05) is 6.07 Å². The van der Waals surface area contributed by atoms with Crippen molar-refractivity contribution in [2.45, 2.75) is 6.92 Å². The predicted octanol–water partition coefficient (Wildman–Crippen LogP) is 4.15. The van der Waals surface area contributed by atoms with Gasteiger partial charge < -0.3 is 4.98 Å².